The van der Waals surface area contributed by atoms with Crippen LogP contribution in [0.3, 0.4) is 0 Å². The van der Waals surface area contributed by atoms with Crippen molar-refractivity contribution in [2.24, 2.45) is 5.92 Å². The predicted molar refractivity (Wildman–Crippen MR) is 87.1 cm³/mol. The van der Waals surface area contributed by atoms with E-state index in [1.807, 2.05) is 0 Å². The van der Waals surface area contributed by atoms with Crippen LogP contribution in [0.2, 0.25) is 0 Å². The maximum absolute atomic E-state index is 13.2. The summed E-state index contributed by atoms with van der Waals surface area (Å²) in [6, 6.07) is 0.775. The van der Waals surface area contributed by atoms with E-state index < -0.39 is 24.0 Å². The highest BCUT2D eigenvalue weighted by atomic mass is 32.1. The molecule has 1 N–H and O–H groups in total. The fourth-order valence-electron chi connectivity index (χ4n) is 3.04. The van der Waals surface area contributed by atoms with Crippen molar-refractivity contribution in [1.29, 1.82) is 0 Å². The van der Waals surface area contributed by atoms with Gasteiger partial charge in [-0.2, -0.15) is 13.2 Å². The van der Waals surface area contributed by atoms with Crippen molar-refractivity contribution < 1.29 is 18.0 Å². The van der Waals surface area contributed by atoms with E-state index in [0.29, 0.717) is 40.7 Å². The summed E-state index contributed by atoms with van der Waals surface area (Å²) in [6.45, 7) is 1.65. The second kappa shape index (κ2) is 7.07. The zero-order valence-corrected chi connectivity index (χ0v) is 14.3. The summed E-state index contributed by atoms with van der Waals surface area (Å²) in [6.07, 6.45) is 0.434. The maximum atomic E-state index is 13.2. The number of rotatable bonds is 3. The minimum atomic E-state index is -4.30. The van der Waals surface area contributed by atoms with Gasteiger partial charge in [-0.15, -0.1) is 11.3 Å². The SMILES string of the molecule is Cc1nc(-c2ncccn2)sc1C(=O)N[C@@H]1CCCC[C@H]1C(F)(F)F. The lowest BCUT2D eigenvalue weighted by Crippen LogP contribution is -2.47. The van der Waals surface area contributed by atoms with Crippen LogP contribution in [0.5, 0.6) is 0 Å². The molecule has 0 unspecified atom stereocenters. The van der Waals surface area contributed by atoms with E-state index in [0.717, 1.165) is 11.3 Å². The quantitative estimate of drug-likeness (QED) is 0.893. The molecule has 25 heavy (non-hydrogen) atoms. The first-order valence-electron chi connectivity index (χ1n) is 7.98. The fraction of sp³-hybridized carbons (Fsp3) is 0.500. The maximum Gasteiger partial charge on any atom is 0.393 e. The van der Waals surface area contributed by atoms with Gasteiger partial charge in [-0.25, -0.2) is 15.0 Å². The van der Waals surface area contributed by atoms with Crippen molar-refractivity contribution in [2.75, 3.05) is 0 Å². The van der Waals surface area contributed by atoms with Crippen molar-refractivity contribution in [1.82, 2.24) is 20.3 Å². The van der Waals surface area contributed by atoms with Crippen LogP contribution in [0.1, 0.15) is 41.0 Å². The Morgan fingerprint density at radius 3 is 2.60 bits per heavy atom. The molecule has 134 valence electrons. The molecule has 2 aromatic rings. The van der Waals surface area contributed by atoms with E-state index in [1.165, 1.54) is 0 Å². The number of amides is 1. The van der Waals surface area contributed by atoms with Crippen molar-refractivity contribution in [2.45, 2.75) is 44.8 Å². The summed E-state index contributed by atoms with van der Waals surface area (Å²) >= 11 is 1.09. The van der Waals surface area contributed by atoms with Crippen molar-refractivity contribution in [3.05, 3.63) is 29.0 Å². The Morgan fingerprint density at radius 1 is 1.24 bits per heavy atom. The highest BCUT2D eigenvalue weighted by Crippen LogP contribution is 2.38. The number of thiazole rings is 1. The molecular weight excluding hydrogens is 353 g/mol. The van der Waals surface area contributed by atoms with E-state index in [2.05, 4.69) is 20.3 Å². The molecule has 1 amide bonds. The van der Waals surface area contributed by atoms with Gasteiger partial charge in [-0.05, 0) is 25.8 Å². The summed E-state index contributed by atoms with van der Waals surface area (Å²) in [7, 11) is 0. The molecule has 9 heteroatoms. The molecule has 1 aliphatic carbocycles. The molecule has 0 bridgehead atoms. The van der Waals surface area contributed by atoms with Crippen LogP contribution in [0, 0.1) is 12.8 Å². The Morgan fingerprint density at radius 2 is 1.92 bits per heavy atom. The zero-order chi connectivity index (χ0) is 18.0. The number of hydrogen-bond donors (Lipinski definition) is 1. The predicted octanol–water partition coefficient (Wildman–Crippen LogP) is 3.76. The molecule has 0 radical (unpaired) electrons. The number of hydrogen-bond acceptors (Lipinski definition) is 5. The second-order valence-electron chi connectivity index (χ2n) is 6.02. The van der Waals surface area contributed by atoms with Crippen LogP contribution in [-0.2, 0) is 0 Å². The smallest absolute Gasteiger partial charge is 0.348 e. The number of halogens is 3. The number of carbonyl (C=O) groups is 1. The number of carbonyl (C=O) groups excluding carboxylic acids is 1. The third kappa shape index (κ3) is 3.97. The van der Waals surface area contributed by atoms with Gasteiger partial charge in [0.15, 0.2) is 10.8 Å². The Balaban J connectivity index is 1.78. The first-order chi connectivity index (χ1) is 11.9. The average Bonchev–Trinajstić information content (AvgIpc) is 2.97. The van der Waals surface area contributed by atoms with E-state index in [4.69, 9.17) is 0 Å². The monoisotopic (exact) mass is 370 g/mol. The average molecular weight is 370 g/mol. The number of aromatic nitrogens is 3. The van der Waals surface area contributed by atoms with Gasteiger partial charge in [0.25, 0.3) is 5.91 Å². The number of aryl methyl sites for hydroxylation is 1. The lowest BCUT2D eigenvalue weighted by atomic mass is 9.84. The Hall–Kier alpha value is -2.03. The molecule has 0 aliphatic heterocycles. The summed E-state index contributed by atoms with van der Waals surface area (Å²) in [5, 5.41) is 3.04. The largest absolute Gasteiger partial charge is 0.393 e. The third-order valence-electron chi connectivity index (χ3n) is 4.26. The molecule has 3 rings (SSSR count). The van der Waals surface area contributed by atoms with Crippen molar-refractivity contribution in [3.8, 4) is 10.8 Å². The second-order valence-corrected chi connectivity index (χ2v) is 7.02. The Labute approximate surface area is 146 Å². The number of nitrogens with zero attached hydrogens (tertiary/aromatic N) is 3. The van der Waals surface area contributed by atoms with Crippen LogP contribution in [0.25, 0.3) is 10.8 Å². The lowest BCUT2D eigenvalue weighted by Gasteiger charge is -2.33. The van der Waals surface area contributed by atoms with Gasteiger partial charge < -0.3 is 5.32 Å². The van der Waals surface area contributed by atoms with E-state index in [-0.39, 0.29) is 6.42 Å². The first-order valence-corrected chi connectivity index (χ1v) is 8.80. The molecule has 0 spiro atoms. The Bertz CT molecular complexity index is 748. The molecular formula is C16H17F3N4OS. The zero-order valence-electron chi connectivity index (χ0n) is 13.5. The van der Waals surface area contributed by atoms with Gasteiger partial charge in [0.2, 0.25) is 0 Å². The normalized spacial score (nSPS) is 21.1. The van der Waals surface area contributed by atoms with E-state index in [1.54, 1.807) is 25.4 Å². The van der Waals surface area contributed by atoms with E-state index >= 15 is 0 Å². The molecule has 5 nitrogen and oxygen atoms in total. The molecule has 1 aliphatic rings. The molecule has 0 aromatic carbocycles. The van der Waals surface area contributed by atoms with Gasteiger partial charge >= 0.3 is 6.18 Å². The van der Waals surface area contributed by atoms with Gasteiger partial charge in [0.1, 0.15) is 4.88 Å². The summed E-state index contributed by atoms with van der Waals surface area (Å²) < 4.78 is 39.5. The van der Waals surface area contributed by atoms with Crippen LogP contribution in [0.15, 0.2) is 18.5 Å². The van der Waals surface area contributed by atoms with Gasteiger partial charge in [-0.1, -0.05) is 12.8 Å². The van der Waals surface area contributed by atoms with Crippen molar-refractivity contribution >= 4 is 17.2 Å². The molecule has 2 heterocycles. The first kappa shape index (κ1) is 17.8. The van der Waals surface area contributed by atoms with Crippen LogP contribution >= 0.6 is 11.3 Å². The van der Waals surface area contributed by atoms with Gasteiger partial charge in [-0.3, -0.25) is 4.79 Å². The molecule has 1 saturated carbocycles. The van der Waals surface area contributed by atoms with Crippen LogP contribution in [0.4, 0.5) is 13.2 Å². The standard InChI is InChI=1S/C16H17F3N4OS/c1-9-12(25-15(22-9)13-20-7-4-8-21-13)14(24)23-11-6-3-2-5-10(11)16(17,18)19/h4,7-8,10-11H,2-3,5-6H2,1H3,(H,23,24)/t10-,11-/m1/s1. The van der Waals surface area contributed by atoms with E-state index in [9.17, 15) is 18.0 Å². The van der Waals surface area contributed by atoms with Crippen LogP contribution < -0.4 is 5.32 Å². The minimum Gasteiger partial charge on any atom is -0.348 e. The van der Waals surface area contributed by atoms with Crippen molar-refractivity contribution in [3.63, 3.8) is 0 Å². The highest BCUT2D eigenvalue weighted by Gasteiger charge is 2.46. The van der Waals surface area contributed by atoms with Crippen LogP contribution in [-0.4, -0.2) is 33.1 Å². The summed E-state index contributed by atoms with van der Waals surface area (Å²) in [5.41, 5.74) is 0.462. The van der Waals surface area contributed by atoms with Gasteiger partial charge in [0.05, 0.1) is 11.6 Å². The highest BCUT2D eigenvalue weighted by molar-refractivity contribution is 7.17. The number of alkyl halides is 3. The third-order valence-corrected chi connectivity index (χ3v) is 5.41. The molecule has 1 fully saturated rings. The summed E-state index contributed by atoms with van der Waals surface area (Å²) in [4.78, 5) is 25.2. The minimum absolute atomic E-state index is 0.0548. The molecule has 2 aromatic heterocycles. The molecule has 0 saturated heterocycles. The fourth-order valence-corrected chi connectivity index (χ4v) is 3.96. The topological polar surface area (TPSA) is 67.8 Å². The summed E-state index contributed by atoms with van der Waals surface area (Å²) in [5.74, 6) is -1.62. The lowest BCUT2D eigenvalue weighted by molar-refractivity contribution is -0.187. The number of nitrogens with one attached hydrogen (secondary N) is 1. The molecule has 2 atom stereocenters. The van der Waals surface area contributed by atoms with Gasteiger partial charge in [0, 0.05) is 18.4 Å². The Kier molecular flexibility index (Phi) is 5.03.